The molecule has 3 nitrogen and oxygen atoms in total. The Kier molecular flexibility index (Phi) is 2.80. The zero-order valence-corrected chi connectivity index (χ0v) is 10.5. The second kappa shape index (κ2) is 4.61. The highest BCUT2D eigenvalue weighted by molar-refractivity contribution is 5.80. The second-order valence-corrected chi connectivity index (χ2v) is 4.45. The minimum Gasteiger partial charge on any atom is -0.457 e. The van der Waals surface area contributed by atoms with Crippen molar-refractivity contribution in [2.24, 2.45) is 0 Å². The first-order valence-corrected chi connectivity index (χ1v) is 6.09. The molecular weight excluding hydrogens is 238 g/mol. The van der Waals surface area contributed by atoms with Gasteiger partial charge in [-0.1, -0.05) is 18.2 Å². The van der Waals surface area contributed by atoms with Crippen LogP contribution in [-0.4, -0.2) is 4.98 Å². The van der Waals surface area contributed by atoms with Crippen molar-refractivity contribution in [3.63, 3.8) is 0 Å². The molecule has 0 atom stereocenters. The SMILES string of the molecule is Cc1cc2cc(Oc3ccccc3)ccc2[nH]c1=O. The van der Waals surface area contributed by atoms with E-state index in [1.54, 1.807) is 6.92 Å². The Bertz CT molecular complexity index is 776. The minimum absolute atomic E-state index is 0.0516. The number of hydrogen-bond acceptors (Lipinski definition) is 2. The van der Waals surface area contributed by atoms with Crippen molar-refractivity contribution in [2.75, 3.05) is 0 Å². The summed E-state index contributed by atoms with van der Waals surface area (Å²) < 4.78 is 5.76. The summed E-state index contributed by atoms with van der Waals surface area (Å²) in [5.74, 6) is 1.55. The molecule has 0 aliphatic carbocycles. The number of pyridine rings is 1. The average Bonchev–Trinajstić information content (AvgIpc) is 2.42. The lowest BCUT2D eigenvalue weighted by atomic mass is 10.1. The van der Waals surface area contributed by atoms with Crippen LogP contribution < -0.4 is 10.3 Å². The molecule has 0 saturated carbocycles. The molecule has 2 aromatic carbocycles. The molecule has 0 spiro atoms. The van der Waals surface area contributed by atoms with Gasteiger partial charge in [0.05, 0.1) is 0 Å². The van der Waals surface area contributed by atoms with Crippen LogP contribution in [-0.2, 0) is 0 Å². The predicted octanol–water partition coefficient (Wildman–Crippen LogP) is 3.63. The van der Waals surface area contributed by atoms with Gasteiger partial charge in [-0.2, -0.15) is 0 Å². The molecule has 94 valence electrons. The van der Waals surface area contributed by atoms with Crippen LogP contribution in [0, 0.1) is 6.92 Å². The molecule has 0 fully saturated rings. The lowest BCUT2D eigenvalue weighted by Crippen LogP contribution is -2.08. The maximum atomic E-state index is 11.5. The largest absolute Gasteiger partial charge is 0.457 e. The molecular formula is C16H13NO2. The van der Waals surface area contributed by atoms with Crippen LogP contribution in [0.2, 0.25) is 0 Å². The van der Waals surface area contributed by atoms with E-state index in [4.69, 9.17) is 4.74 Å². The number of nitrogens with one attached hydrogen (secondary N) is 1. The Morgan fingerprint density at radius 1 is 0.947 bits per heavy atom. The summed E-state index contributed by atoms with van der Waals surface area (Å²) in [7, 11) is 0. The van der Waals surface area contributed by atoms with Gasteiger partial charge >= 0.3 is 0 Å². The summed E-state index contributed by atoms with van der Waals surface area (Å²) in [5, 5.41) is 0.963. The molecule has 19 heavy (non-hydrogen) atoms. The van der Waals surface area contributed by atoms with E-state index in [1.165, 1.54) is 0 Å². The van der Waals surface area contributed by atoms with Crippen LogP contribution in [0.5, 0.6) is 11.5 Å². The Hall–Kier alpha value is -2.55. The molecule has 0 saturated heterocycles. The van der Waals surface area contributed by atoms with Crippen molar-refractivity contribution in [2.45, 2.75) is 6.92 Å². The highest BCUT2D eigenvalue weighted by Gasteiger charge is 2.02. The van der Waals surface area contributed by atoms with Gasteiger partial charge in [0.1, 0.15) is 11.5 Å². The smallest absolute Gasteiger partial charge is 0.251 e. The lowest BCUT2D eigenvalue weighted by Gasteiger charge is -2.07. The standard InChI is InChI=1S/C16H13NO2/c1-11-9-12-10-14(7-8-15(12)17-16(11)18)19-13-5-3-2-4-6-13/h2-10H,1H3,(H,17,18). The van der Waals surface area contributed by atoms with Gasteiger partial charge in [0.25, 0.3) is 5.56 Å². The van der Waals surface area contributed by atoms with Gasteiger partial charge < -0.3 is 9.72 Å². The molecule has 1 heterocycles. The predicted molar refractivity (Wildman–Crippen MR) is 75.8 cm³/mol. The maximum Gasteiger partial charge on any atom is 0.251 e. The summed E-state index contributed by atoms with van der Waals surface area (Å²) in [5.41, 5.74) is 1.46. The van der Waals surface area contributed by atoms with Crippen LogP contribution in [0.15, 0.2) is 59.4 Å². The third-order valence-electron chi connectivity index (χ3n) is 2.98. The Labute approximate surface area is 110 Å². The van der Waals surface area contributed by atoms with Crippen molar-refractivity contribution in [1.29, 1.82) is 0 Å². The van der Waals surface area contributed by atoms with E-state index in [0.29, 0.717) is 5.56 Å². The van der Waals surface area contributed by atoms with E-state index in [2.05, 4.69) is 4.98 Å². The number of aryl methyl sites for hydroxylation is 1. The quantitative estimate of drug-likeness (QED) is 0.755. The number of fused-ring (bicyclic) bond motifs is 1. The van der Waals surface area contributed by atoms with Crippen molar-refractivity contribution in [1.82, 2.24) is 4.98 Å². The number of H-pyrrole nitrogens is 1. The average molecular weight is 251 g/mol. The number of para-hydroxylation sites is 1. The lowest BCUT2D eigenvalue weighted by molar-refractivity contribution is 0.483. The monoisotopic (exact) mass is 251 g/mol. The third-order valence-corrected chi connectivity index (χ3v) is 2.98. The summed E-state index contributed by atoms with van der Waals surface area (Å²) in [6, 6.07) is 17.1. The van der Waals surface area contributed by atoms with Crippen LogP contribution in [0.3, 0.4) is 0 Å². The topological polar surface area (TPSA) is 42.1 Å². The molecule has 0 aliphatic heterocycles. The van der Waals surface area contributed by atoms with Crippen molar-refractivity contribution < 1.29 is 4.74 Å². The van der Waals surface area contributed by atoms with Gasteiger partial charge in [0, 0.05) is 16.5 Å². The zero-order valence-electron chi connectivity index (χ0n) is 10.5. The number of aromatic amines is 1. The number of aromatic nitrogens is 1. The van der Waals surface area contributed by atoms with Gasteiger partial charge in [0.2, 0.25) is 0 Å². The fourth-order valence-electron chi connectivity index (χ4n) is 1.98. The maximum absolute atomic E-state index is 11.5. The molecule has 3 rings (SSSR count). The fraction of sp³-hybridized carbons (Fsp3) is 0.0625. The van der Waals surface area contributed by atoms with E-state index in [9.17, 15) is 4.79 Å². The highest BCUT2D eigenvalue weighted by Crippen LogP contribution is 2.24. The van der Waals surface area contributed by atoms with Crippen molar-refractivity contribution in [3.05, 3.63) is 70.5 Å². The van der Waals surface area contributed by atoms with Gasteiger partial charge in [-0.15, -0.1) is 0 Å². The van der Waals surface area contributed by atoms with Crippen molar-refractivity contribution >= 4 is 10.9 Å². The summed E-state index contributed by atoms with van der Waals surface area (Å²) in [6.45, 7) is 1.79. The van der Waals surface area contributed by atoms with Gasteiger partial charge in [-0.3, -0.25) is 4.79 Å². The number of rotatable bonds is 2. The molecule has 0 radical (unpaired) electrons. The summed E-state index contributed by atoms with van der Waals surface area (Å²) in [4.78, 5) is 14.4. The highest BCUT2D eigenvalue weighted by atomic mass is 16.5. The second-order valence-electron chi connectivity index (χ2n) is 4.45. The molecule has 0 bridgehead atoms. The number of benzene rings is 2. The first-order chi connectivity index (χ1) is 9.22. The van der Waals surface area contributed by atoms with E-state index in [-0.39, 0.29) is 5.56 Å². The first kappa shape index (κ1) is 11.5. The molecule has 0 amide bonds. The Morgan fingerprint density at radius 3 is 2.53 bits per heavy atom. The van der Waals surface area contributed by atoms with E-state index in [0.717, 1.165) is 22.4 Å². The number of hydrogen-bond donors (Lipinski definition) is 1. The van der Waals surface area contributed by atoms with Crippen molar-refractivity contribution in [3.8, 4) is 11.5 Å². The fourth-order valence-corrected chi connectivity index (χ4v) is 1.98. The summed E-state index contributed by atoms with van der Waals surface area (Å²) >= 11 is 0. The molecule has 3 heteroatoms. The van der Waals surface area contributed by atoms with Crippen LogP contribution >= 0.6 is 0 Å². The molecule has 1 aromatic heterocycles. The van der Waals surface area contributed by atoms with Crippen LogP contribution in [0.25, 0.3) is 10.9 Å². The van der Waals surface area contributed by atoms with Gasteiger partial charge in [0.15, 0.2) is 0 Å². The van der Waals surface area contributed by atoms with E-state index >= 15 is 0 Å². The Balaban J connectivity index is 2.02. The van der Waals surface area contributed by atoms with Gasteiger partial charge in [-0.05, 0) is 43.3 Å². The molecule has 0 unspecified atom stereocenters. The van der Waals surface area contributed by atoms with E-state index in [1.807, 2.05) is 54.6 Å². The Morgan fingerprint density at radius 2 is 1.74 bits per heavy atom. The molecule has 0 aliphatic rings. The molecule has 1 N–H and O–H groups in total. The number of ether oxygens (including phenoxy) is 1. The zero-order chi connectivity index (χ0) is 13.2. The van der Waals surface area contributed by atoms with E-state index < -0.39 is 0 Å². The first-order valence-electron chi connectivity index (χ1n) is 6.09. The normalized spacial score (nSPS) is 10.6. The third kappa shape index (κ3) is 2.36. The van der Waals surface area contributed by atoms with Gasteiger partial charge in [-0.25, -0.2) is 0 Å². The molecule has 3 aromatic rings. The van der Waals surface area contributed by atoms with Crippen LogP contribution in [0.4, 0.5) is 0 Å². The minimum atomic E-state index is -0.0516. The van der Waals surface area contributed by atoms with Crippen LogP contribution in [0.1, 0.15) is 5.56 Å². The summed E-state index contributed by atoms with van der Waals surface area (Å²) in [6.07, 6.45) is 0.